The van der Waals surface area contributed by atoms with Gasteiger partial charge < -0.3 is 9.13 Å². The molecule has 4 aromatic heterocycles. The van der Waals surface area contributed by atoms with Crippen LogP contribution >= 0.6 is 22.7 Å². The van der Waals surface area contributed by atoms with Crippen molar-refractivity contribution in [2.45, 2.75) is 0 Å². The summed E-state index contributed by atoms with van der Waals surface area (Å²) in [6, 6.07) is 69.3. The van der Waals surface area contributed by atoms with Crippen LogP contribution in [0.15, 0.2) is 182 Å². The van der Waals surface area contributed by atoms with Gasteiger partial charge in [-0.3, -0.25) is 0 Å². The molecule has 6 heteroatoms. The van der Waals surface area contributed by atoms with Crippen LogP contribution < -0.4 is 0 Å². The van der Waals surface area contributed by atoms with E-state index in [4.69, 9.17) is 0 Å². The van der Waals surface area contributed by atoms with E-state index >= 15 is 0 Å². The lowest BCUT2D eigenvalue weighted by atomic mass is 9.86. The molecule has 286 valence electrons. The van der Waals surface area contributed by atoms with Crippen LogP contribution in [0.4, 0.5) is 0 Å². The lowest BCUT2D eigenvalue weighted by Gasteiger charge is -2.26. The predicted octanol–water partition coefficient (Wildman–Crippen LogP) is 15.7. The van der Waals surface area contributed by atoms with Crippen LogP contribution in [0.3, 0.4) is 0 Å². The fourth-order valence-corrected chi connectivity index (χ4v) is 12.4. The summed E-state index contributed by atoms with van der Waals surface area (Å²) < 4.78 is 9.67. The molecule has 0 N–H and O–H groups in total. The van der Waals surface area contributed by atoms with E-state index in [-0.39, 0.29) is 0 Å². The zero-order valence-electron chi connectivity index (χ0n) is 32.9. The molecule has 0 saturated heterocycles. The fraction of sp³-hybridized carbons (Fsp3) is 0. The summed E-state index contributed by atoms with van der Waals surface area (Å²) in [4.78, 5) is 0. The first-order valence-corrected chi connectivity index (χ1v) is 22.2. The summed E-state index contributed by atoms with van der Waals surface area (Å²) in [7, 11) is 0. The third kappa shape index (κ3) is 4.74. The van der Waals surface area contributed by atoms with Crippen molar-refractivity contribution in [3.8, 4) is 45.8 Å². The Morgan fingerprint density at radius 3 is 1.48 bits per heavy atom. The van der Waals surface area contributed by atoms with Crippen LogP contribution in [0, 0.1) is 22.7 Å². The van der Waals surface area contributed by atoms with Gasteiger partial charge in [0.1, 0.15) is 12.1 Å². The molecule has 13 aromatic rings. The molecule has 0 aliphatic carbocycles. The highest BCUT2D eigenvalue weighted by Gasteiger charge is 2.32. The molecule has 0 amide bonds. The second-order valence-corrected chi connectivity index (χ2v) is 17.9. The SMILES string of the molecule is N#Cc1c(C#N)c(-c2ccccc2)c(-n2c3ccccc3c3c4sc5ccccc5c4ccc32)c(-n2c3ccccc3c3cc4c(cc32)sc2ccccc24)c1-c1ccccc1. The van der Waals surface area contributed by atoms with Crippen molar-refractivity contribution in [1.29, 1.82) is 10.5 Å². The molecule has 0 atom stereocenters. The first-order valence-electron chi connectivity index (χ1n) is 20.6. The van der Waals surface area contributed by atoms with Crippen LogP contribution in [-0.4, -0.2) is 9.13 Å². The van der Waals surface area contributed by atoms with Gasteiger partial charge in [-0.2, -0.15) is 10.5 Å². The molecule has 0 saturated carbocycles. The van der Waals surface area contributed by atoms with E-state index in [2.05, 4.69) is 167 Å². The molecule has 4 nitrogen and oxygen atoms in total. The number of para-hydroxylation sites is 2. The van der Waals surface area contributed by atoms with Crippen molar-refractivity contribution in [3.63, 3.8) is 0 Å². The number of aromatic nitrogens is 2. The fourth-order valence-electron chi connectivity index (χ4n) is 10.1. The minimum absolute atomic E-state index is 0.345. The quantitative estimate of drug-likeness (QED) is 0.178. The molecule has 13 rings (SSSR count). The van der Waals surface area contributed by atoms with Gasteiger partial charge in [-0.05, 0) is 53.6 Å². The molecular weight excluding hydrogens is 793 g/mol. The van der Waals surface area contributed by atoms with E-state index in [0.717, 1.165) is 60.7 Å². The molecule has 0 aliphatic rings. The van der Waals surface area contributed by atoms with Crippen molar-refractivity contribution in [2.24, 2.45) is 0 Å². The maximum atomic E-state index is 11.5. The van der Waals surface area contributed by atoms with Crippen LogP contribution in [0.5, 0.6) is 0 Å². The summed E-state index contributed by atoms with van der Waals surface area (Å²) in [6.07, 6.45) is 0. The first kappa shape index (κ1) is 34.8. The number of rotatable bonds is 4. The Morgan fingerprint density at radius 2 is 0.855 bits per heavy atom. The van der Waals surface area contributed by atoms with Crippen molar-refractivity contribution >= 4 is 107 Å². The van der Waals surface area contributed by atoms with Crippen LogP contribution in [0.25, 0.3) is 118 Å². The molecule has 9 aromatic carbocycles. The molecule has 0 radical (unpaired) electrons. The topological polar surface area (TPSA) is 57.4 Å². The largest absolute Gasteiger partial charge is 0.306 e. The van der Waals surface area contributed by atoms with E-state index in [1.54, 1.807) is 11.3 Å². The van der Waals surface area contributed by atoms with Gasteiger partial charge in [-0.15, -0.1) is 22.7 Å². The second-order valence-electron chi connectivity index (χ2n) is 15.8. The van der Waals surface area contributed by atoms with Gasteiger partial charge in [0.15, 0.2) is 0 Å². The summed E-state index contributed by atoms with van der Waals surface area (Å²) in [6.45, 7) is 0. The first-order chi connectivity index (χ1) is 30.7. The van der Waals surface area contributed by atoms with Gasteiger partial charge in [-0.1, -0.05) is 140 Å². The maximum Gasteiger partial charge on any atom is 0.101 e. The van der Waals surface area contributed by atoms with Gasteiger partial charge in [-0.25, -0.2) is 0 Å². The second kappa shape index (κ2) is 13.3. The number of fused-ring (bicyclic) bond motifs is 13. The molecule has 0 fully saturated rings. The van der Waals surface area contributed by atoms with E-state index in [0.29, 0.717) is 22.3 Å². The van der Waals surface area contributed by atoms with Crippen LogP contribution in [0.1, 0.15) is 11.1 Å². The zero-order chi connectivity index (χ0) is 41.1. The number of hydrogen-bond acceptors (Lipinski definition) is 4. The van der Waals surface area contributed by atoms with Crippen molar-refractivity contribution in [2.75, 3.05) is 0 Å². The minimum Gasteiger partial charge on any atom is -0.306 e. The van der Waals surface area contributed by atoms with Crippen LogP contribution in [0.2, 0.25) is 0 Å². The molecule has 4 heterocycles. The lowest BCUT2D eigenvalue weighted by molar-refractivity contribution is 1.09. The van der Waals surface area contributed by atoms with Crippen molar-refractivity contribution in [1.82, 2.24) is 9.13 Å². The van der Waals surface area contributed by atoms with E-state index < -0.39 is 0 Å². The van der Waals surface area contributed by atoms with E-state index in [1.165, 1.54) is 45.7 Å². The average Bonchev–Trinajstić information content (AvgIpc) is 4.08. The van der Waals surface area contributed by atoms with Gasteiger partial charge >= 0.3 is 0 Å². The summed E-state index contributed by atoms with van der Waals surface area (Å²) >= 11 is 3.62. The van der Waals surface area contributed by atoms with Gasteiger partial charge in [0.2, 0.25) is 0 Å². The summed E-state index contributed by atoms with van der Waals surface area (Å²) in [5.74, 6) is 0. The lowest BCUT2D eigenvalue weighted by Crippen LogP contribution is -2.11. The number of nitrogens with zero attached hydrogens (tertiary/aromatic N) is 4. The number of thiophene rings is 2. The zero-order valence-corrected chi connectivity index (χ0v) is 34.6. The Balaban J connectivity index is 1.33. The van der Waals surface area contributed by atoms with Crippen molar-refractivity contribution in [3.05, 3.63) is 193 Å². The Bertz CT molecular complexity index is 4020. The molecule has 0 bridgehead atoms. The smallest absolute Gasteiger partial charge is 0.101 e. The third-order valence-electron chi connectivity index (χ3n) is 12.6. The molecule has 0 spiro atoms. The van der Waals surface area contributed by atoms with Crippen molar-refractivity contribution < 1.29 is 0 Å². The molecule has 0 unspecified atom stereocenters. The van der Waals surface area contributed by atoms with Crippen LogP contribution in [-0.2, 0) is 0 Å². The average molecular weight is 823 g/mol. The third-order valence-corrected chi connectivity index (χ3v) is 14.9. The Labute approximate surface area is 363 Å². The molecular formula is C56H30N4S2. The minimum atomic E-state index is 0.345. The van der Waals surface area contributed by atoms with Gasteiger partial charge in [0, 0.05) is 73.0 Å². The number of hydrogen-bond donors (Lipinski definition) is 0. The number of benzene rings is 9. The Hall–Kier alpha value is -8.00. The van der Waals surface area contributed by atoms with Gasteiger partial charge in [0.25, 0.3) is 0 Å². The Morgan fingerprint density at radius 1 is 0.355 bits per heavy atom. The monoisotopic (exact) mass is 822 g/mol. The predicted molar refractivity (Wildman–Crippen MR) is 261 cm³/mol. The molecule has 0 aliphatic heterocycles. The van der Waals surface area contributed by atoms with E-state index in [9.17, 15) is 10.5 Å². The van der Waals surface area contributed by atoms with E-state index in [1.807, 2.05) is 47.7 Å². The highest BCUT2D eigenvalue weighted by Crippen LogP contribution is 2.51. The number of nitriles is 2. The Kier molecular flexibility index (Phi) is 7.44. The van der Waals surface area contributed by atoms with Gasteiger partial charge in [0.05, 0.1) is 44.6 Å². The highest BCUT2D eigenvalue weighted by molar-refractivity contribution is 7.27. The normalized spacial score (nSPS) is 11.8. The summed E-state index contributed by atoms with van der Waals surface area (Å²) in [5.41, 5.74) is 9.63. The maximum absolute atomic E-state index is 11.5. The molecule has 62 heavy (non-hydrogen) atoms. The highest BCUT2D eigenvalue weighted by atomic mass is 32.1. The summed E-state index contributed by atoms with van der Waals surface area (Å²) in [5, 5.41) is 32.4. The standard InChI is InChI=1S/C56H30N4S2/c57-31-42-43(32-58)52(34-17-5-2-6-18-34)55(60-44-23-11-7-19-35(44)40-29-41-37-21-10-13-25-48(37)61-50(41)30-47(40)60)54(51(42)33-15-3-1-4-16-33)59-45-24-12-8-22-39(45)53-46(59)28-27-38-36-20-9-14-26-49(36)62-56(38)53/h1-30H.